The monoisotopic (exact) mass is 704 g/mol. The molecule has 1 atom stereocenters. The van der Waals surface area contributed by atoms with E-state index in [2.05, 4.69) is 192 Å². The topological polar surface area (TPSA) is 41.7 Å². The first kappa shape index (κ1) is 32.4. The summed E-state index contributed by atoms with van der Waals surface area (Å²) in [6, 6.07) is 73.0. The summed E-state index contributed by atoms with van der Waals surface area (Å²) >= 11 is 0. The van der Waals surface area contributed by atoms with Gasteiger partial charge in [-0.3, -0.25) is 0 Å². The van der Waals surface area contributed by atoms with Crippen LogP contribution >= 0.6 is 0 Å². The molecule has 8 aromatic carbocycles. The van der Waals surface area contributed by atoms with Gasteiger partial charge in [0.2, 0.25) is 0 Å². The standard InChI is InChI=1S/C51H36N4/c1-5-16-35(17-6-1)39-24-14-27-43(33-39)55-46-31-30-40(36-18-7-2-8-19-36)34-45(46)48-44(28-15-29-47(48)55)41-25-13-26-42(32-41)51-53-49(37-20-9-3-10-21-37)52-50(54-51)38-22-11-4-12-23-38/h1-34,49H,(H,52,53,54). The molecule has 1 unspecified atom stereocenters. The minimum absolute atomic E-state index is 0.267. The lowest BCUT2D eigenvalue weighted by Gasteiger charge is -2.24. The fraction of sp³-hybridized carbons (Fsp3) is 0.0196. The molecule has 4 nitrogen and oxygen atoms in total. The van der Waals surface area contributed by atoms with Crippen LogP contribution in [-0.2, 0) is 0 Å². The largest absolute Gasteiger partial charge is 0.344 e. The van der Waals surface area contributed by atoms with Gasteiger partial charge in [-0.2, -0.15) is 0 Å². The number of hydrogen-bond donors (Lipinski definition) is 1. The van der Waals surface area contributed by atoms with Gasteiger partial charge in [-0.15, -0.1) is 0 Å². The highest BCUT2D eigenvalue weighted by Crippen LogP contribution is 2.41. The quantitative estimate of drug-likeness (QED) is 0.176. The van der Waals surface area contributed by atoms with Crippen LogP contribution in [0, 0.1) is 0 Å². The highest BCUT2D eigenvalue weighted by Gasteiger charge is 2.22. The van der Waals surface area contributed by atoms with Crippen molar-refractivity contribution < 1.29 is 0 Å². The van der Waals surface area contributed by atoms with Crippen LogP contribution < -0.4 is 5.32 Å². The Labute approximate surface area is 320 Å². The summed E-state index contributed by atoms with van der Waals surface area (Å²) in [4.78, 5) is 10.2. The molecule has 1 aliphatic rings. The van der Waals surface area contributed by atoms with Crippen LogP contribution in [0.15, 0.2) is 216 Å². The van der Waals surface area contributed by atoms with Gasteiger partial charge in [-0.25, -0.2) is 9.98 Å². The molecule has 0 aliphatic carbocycles. The van der Waals surface area contributed by atoms with Crippen molar-refractivity contribution in [3.05, 3.63) is 223 Å². The van der Waals surface area contributed by atoms with E-state index in [-0.39, 0.29) is 6.17 Å². The van der Waals surface area contributed by atoms with Crippen molar-refractivity contribution in [1.82, 2.24) is 9.88 Å². The summed E-state index contributed by atoms with van der Waals surface area (Å²) in [5.74, 6) is 1.51. The Hall–Kier alpha value is -7.30. The summed E-state index contributed by atoms with van der Waals surface area (Å²) in [5, 5.41) is 6.08. The molecule has 0 saturated carbocycles. The maximum absolute atomic E-state index is 5.12. The number of amidine groups is 2. The van der Waals surface area contributed by atoms with Gasteiger partial charge in [-0.05, 0) is 75.3 Å². The van der Waals surface area contributed by atoms with Crippen molar-refractivity contribution in [3.8, 4) is 39.1 Å². The zero-order valence-electron chi connectivity index (χ0n) is 30.0. The molecule has 0 amide bonds. The van der Waals surface area contributed by atoms with Crippen LogP contribution in [-0.4, -0.2) is 16.2 Å². The van der Waals surface area contributed by atoms with E-state index in [1.807, 2.05) is 24.3 Å². The summed E-state index contributed by atoms with van der Waals surface area (Å²) < 4.78 is 2.42. The molecule has 0 radical (unpaired) electrons. The first-order valence-corrected chi connectivity index (χ1v) is 18.7. The third kappa shape index (κ3) is 6.10. The molecule has 260 valence electrons. The average molecular weight is 705 g/mol. The van der Waals surface area contributed by atoms with E-state index in [9.17, 15) is 0 Å². The van der Waals surface area contributed by atoms with Gasteiger partial charge >= 0.3 is 0 Å². The lowest BCUT2D eigenvalue weighted by Crippen LogP contribution is -2.33. The minimum Gasteiger partial charge on any atom is -0.344 e. The molecule has 10 rings (SSSR count). The van der Waals surface area contributed by atoms with Gasteiger partial charge in [0.15, 0.2) is 5.84 Å². The maximum atomic E-state index is 5.12. The molecule has 4 heteroatoms. The molecular weight excluding hydrogens is 669 g/mol. The second-order valence-electron chi connectivity index (χ2n) is 13.9. The summed E-state index contributed by atoms with van der Waals surface area (Å²) in [6.45, 7) is 0. The second kappa shape index (κ2) is 13.9. The van der Waals surface area contributed by atoms with Crippen LogP contribution in [0.5, 0.6) is 0 Å². The molecule has 0 bridgehead atoms. The van der Waals surface area contributed by atoms with Crippen molar-refractivity contribution in [2.75, 3.05) is 0 Å². The van der Waals surface area contributed by atoms with Gasteiger partial charge in [0.25, 0.3) is 0 Å². The maximum Gasteiger partial charge on any atom is 0.159 e. The number of rotatable bonds is 7. The number of aliphatic imine (C=N–C) groups is 2. The molecule has 1 N–H and O–H groups in total. The Morgan fingerprint density at radius 2 is 1.00 bits per heavy atom. The molecule has 1 aromatic heterocycles. The molecule has 0 fully saturated rings. The van der Waals surface area contributed by atoms with E-state index in [0.717, 1.165) is 44.8 Å². The van der Waals surface area contributed by atoms with Crippen LogP contribution in [0.4, 0.5) is 0 Å². The molecule has 2 heterocycles. The predicted molar refractivity (Wildman–Crippen MR) is 229 cm³/mol. The Kier molecular flexibility index (Phi) is 8.19. The minimum atomic E-state index is -0.267. The van der Waals surface area contributed by atoms with E-state index in [1.165, 1.54) is 38.6 Å². The third-order valence-corrected chi connectivity index (χ3v) is 10.4. The van der Waals surface area contributed by atoms with E-state index >= 15 is 0 Å². The fourth-order valence-corrected chi connectivity index (χ4v) is 7.81. The second-order valence-corrected chi connectivity index (χ2v) is 13.9. The van der Waals surface area contributed by atoms with E-state index < -0.39 is 0 Å². The molecule has 0 saturated heterocycles. The Morgan fingerprint density at radius 1 is 0.418 bits per heavy atom. The Morgan fingerprint density at radius 3 is 1.73 bits per heavy atom. The molecule has 0 spiro atoms. The van der Waals surface area contributed by atoms with Crippen molar-refractivity contribution in [3.63, 3.8) is 0 Å². The summed E-state index contributed by atoms with van der Waals surface area (Å²) in [5.41, 5.74) is 13.6. The smallest absolute Gasteiger partial charge is 0.159 e. The number of aromatic nitrogens is 1. The normalized spacial score (nSPS) is 14.0. The number of hydrogen-bond acceptors (Lipinski definition) is 3. The molecule has 1 aliphatic heterocycles. The zero-order valence-corrected chi connectivity index (χ0v) is 30.0. The lowest BCUT2D eigenvalue weighted by atomic mass is 9.96. The number of fused-ring (bicyclic) bond motifs is 3. The Bertz CT molecular complexity index is 2870. The first-order chi connectivity index (χ1) is 27.3. The van der Waals surface area contributed by atoms with Gasteiger partial charge < -0.3 is 9.88 Å². The number of nitrogens with one attached hydrogen (secondary N) is 1. The van der Waals surface area contributed by atoms with Crippen molar-refractivity contribution in [1.29, 1.82) is 0 Å². The predicted octanol–water partition coefficient (Wildman–Crippen LogP) is 12.3. The Balaban J connectivity index is 1.15. The average Bonchev–Trinajstić information content (AvgIpc) is 3.61. The van der Waals surface area contributed by atoms with Crippen LogP contribution in [0.2, 0.25) is 0 Å². The van der Waals surface area contributed by atoms with Crippen molar-refractivity contribution in [2.45, 2.75) is 6.17 Å². The van der Waals surface area contributed by atoms with Gasteiger partial charge in [0.1, 0.15) is 12.0 Å². The summed E-state index contributed by atoms with van der Waals surface area (Å²) in [7, 11) is 0. The van der Waals surface area contributed by atoms with Crippen molar-refractivity contribution >= 4 is 33.5 Å². The highest BCUT2D eigenvalue weighted by molar-refractivity contribution is 6.17. The van der Waals surface area contributed by atoms with E-state index in [0.29, 0.717) is 5.84 Å². The highest BCUT2D eigenvalue weighted by atomic mass is 15.2. The van der Waals surface area contributed by atoms with Gasteiger partial charge in [0, 0.05) is 27.6 Å². The number of nitrogens with zero attached hydrogens (tertiary/aromatic N) is 3. The van der Waals surface area contributed by atoms with E-state index in [1.54, 1.807) is 0 Å². The lowest BCUT2D eigenvalue weighted by molar-refractivity contribution is 0.674. The van der Waals surface area contributed by atoms with Gasteiger partial charge in [0.05, 0.1) is 11.0 Å². The zero-order chi connectivity index (χ0) is 36.6. The fourth-order valence-electron chi connectivity index (χ4n) is 7.81. The number of benzene rings is 8. The summed E-state index contributed by atoms with van der Waals surface area (Å²) in [6.07, 6.45) is -0.267. The molecular formula is C51H36N4. The van der Waals surface area contributed by atoms with Crippen molar-refractivity contribution in [2.24, 2.45) is 9.98 Å². The van der Waals surface area contributed by atoms with Gasteiger partial charge in [-0.1, -0.05) is 170 Å². The van der Waals surface area contributed by atoms with Crippen LogP contribution in [0.1, 0.15) is 22.9 Å². The van der Waals surface area contributed by atoms with E-state index in [4.69, 9.17) is 9.98 Å². The van der Waals surface area contributed by atoms with Crippen LogP contribution in [0.25, 0.3) is 60.9 Å². The molecule has 55 heavy (non-hydrogen) atoms. The first-order valence-electron chi connectivity index (χ1n) is 18.7. The van der Waals surface area contributed by atoms with Crippen LogP contribution in [0.3, 0.4) is 0 Å². The molecule has 9 aromatic rings. The SMILES string of the molecule is c1ccc(C2=NC(c3ccccc3)NC(c3cccc(-c4cccc5c4c4cc(-c6ccccc6)ccc4n5-c4cccc(-c5ccccc5)c4)c3)=N2)cc1. The third-order valence-electron chi connectivity index (χ3n) is 10.4.